The fourth-order valence-corrected chi connectivity index (χ4v) is 3.40. The Hall–Kier alpha value is -1.09. The van der Waals surface area contributed by atoms with E-state index in [1.165, 1.54) is 36.9 Å². The van der Waals surface area contributed by atoms with E-state index in [-0.39, 0.29) is 0 Å². The number of hydrogen-bond donors (Lipinski definition) is 1. The minimum atomic E-state index is 0.670. The number of nitrogens with one attached hydrogen (secondary N) is 1. The van der Waals surface area contributed by atoms with Crippen LogP contribution in [0.5, 0.6) is 5.75 Å². The average Bonchev–Trinajstić information content (AvgIpc) is 2.87. The summed E-state index contributed by atoms with van der Waals surface area (Å²) >= 11 is 0. The van der Waals surface area contributed by atoms with Crippen molar-refractivity contribution in [1.29, 1.82) is 0 Å². The van der Waals surface area contributed by atoms with Gasteiger partial charge in [0.1, 0.15) is 5.75 Å². The molecule has 3 nitrogen and oxygen atoms in total. The van der Waals surface area contributed by atoms with Crippen molar-refractivity contribution in [3.05, 3.63) is 23.0 Å². The highest BCUT2D eigenvalue weighted by Crippen LogP contribution is 2.31. The molecule has 2 atom stereocenters. The van der Waals surface area contributed by atoms with Gasteiger partial charge >= 0.3 is 0 Å². The molecule has 1 aromatic rings. The van der Waals surface area contributed by atoms with E-state index in [4.69, 9.17) is 4.74 Å². The molecule has 0 aromatic carbocycles. The fourth-order valence-electron chi connectivity index (χ4n) is 3.40. The van der Waals surface area contributed by atoms with Crippen molar-refractivity contribution < 1.29 is 4.74 Å². The summed E-state index contributed by atoms with van der Waals surface area (Å²) in [5, 5.41) is 3.70. The summed E-state index contributed by atoms with van der Waals surface area (Å²) in [4.78, 5) is 4.66. The normalized spacial score (nSPS) is 22.2. The van der Waals surface area contributed by atoms with Gasteiger partial charge < -0.3 is 10.1 Å². The fraction of sp³-hybridized carbons (Fsp3) is 0.706. The first-order chi connectivity index (χ1) is 9.67. The zero-order valence-electron chi connectivity index (χ0n) is 13.3. The van der Waals surface area contributed by atoms with E-state index in [2.05, 4.69) is 31.1 Å². The molecule has 2 unspecified atom stereocenters. The molecule has 0 radical (unpaired) electrons. The number of methoxy groups -OCH3 is 1. The van der Waals surface area contributed by atoms with E-state index in [0.29, 0.717) is 6.04 Å². The molecule has 1 aliphatic rings. The van der Waals surface area contributed by atoms with Crippen LogP contribution in [0.2, 0.25) is 0 Å². The Balaban J connectivity index is 2.09. The van der Waals surface area contributed by atoms with Gasteiger partial charge in [-0.05, 0) is 52.0 Å². The van der Waals surface area contributed by atoms with Crippen LogP contribution in [0, 0.1) is 19.8 Å². The topological polar surface area (TPSA) is 34.2 Å². The molecule has 1 heterocycles. The second kappa shape index (κ2) is 7.07. The molecule has 0 amide bonds. The highest BCUT2D eigenvalue weighted by atomic mass is 16.5. The summed E-state index contributed by atoms with van der Waals surface area (Å²) in [6, 6.07) is 0.670. The van der Waals surface area contributed by atoms with Gasteiger partial charge in [-0.3, -0.25) is 4.98 Å². The molecule has 1 aliphatic carbocycles. The van der Waals surface area contributed by atoms with Crippen LogP contribution >= 0.6 is 0 Å². The van der Waals surface area contributed by atoms with Crippen LogP contribution in [0.15, 0.2) is 6.20 Å². The zero-order chi connectivity index (χ0) is 14.5. The van der Waals surface area contributed by atoms with E-state index in [0.717, 1.165) is 30.2 Å². The molecule has 112 valence electrons. The Kier molecular flexibility index (Phi) is 5.41. The lowest BCUT2D eigenvalue weighted by Crippen LogP contribution is -2.34. The molecule has 3 heteroatoms. The van der Waals surface area contributed by atoms with Crippen molar-refractivity contribution in [3.8, 4) is 5.75 Å². The highest BCUT2D eigenvalue weighted by molar-refractivity contribution is 5.41. The van der Waals surface area contributed by atoms with Gasteiger partial charge in [-0.25, -0.2) is 0 Å². The van der Waals surface area contributed by atoms with Gasteiger partial charge in [0.15, 0.2) is 0 Å². The van der Waals surface area contributed by atoms with Crippen LogP contribution in [0.4, 0.5) is 0 Å². The predicted molar refractivity (Wildman–Crippen MR) is 83.4 cm³/mol. The second-order valence-electron chi connectivity index (χ2n) is 6.00. The molecule has 0 bridgehead atoms. The third-order valence-corrected chi connectivity index (χ3v) is 4.52. The number of rotatable bonds is 6. The number of pyridine rings is 1. The van der Waals surface area contributed by atoms with Gasteiger partial charge in [0.05, 0.1) is 7.11 Å². The van der Waals surface area contributed by atoms with Crippen molar-refractivity contribution in [1.82, 2.24) is 10.3 Å². The Bertz CT molecular complexity index is 445. The van der Waals surface area contributed by atoms with Crippen LogP contribution < -0.4 is 10.1 Å². The molecule has 0 spiro atoms. The molecule has 0 saturated heterocycles. The van der Waals surface area contributed by atoms with Gasteiger partial charge in [-0.15, -0.1) is 0 Å². The zero-order valence-corrected chi connectivity index (χ0v) is 13.3. The molecular formula is C17H28N2O. The van der Waals surface area contributed by atoms with Crippen LogP contribution in [-0.2, 0) is 6.42 Å². The monoisotopic (exact) mass is 276 g/mol. The number of ether oxygens (including phenoxy) is 1. The summed E-state index contributed by atoms with van der Waals surface area (Å²) in [5.74, 6) is 1.73. The molecule has 1 aromatic heterocycles. The van der Waals surface area contributed by atoms with Gasteiger partial charge in [-0.1, -0.05) is 13.3 Å². The van der Waals surface area contributed by atoms with Gasteiger partial charge in [0, 0.05) is 29.1 Å². The molecule has 1 saturated carbocycles. The van der Waals surface area contributed by atoms with E-state index in [1.807, 2.05) is 6.20 Å². The summed E-state index contributed by atoms with van der Waals surface area (Å²) in [5.41, 5.74) is 3.55. The standard InChI is InChI=1S/C17H28N2O/c1-5-9-18-15-8-6-7-14(15)10-16-13(3)17(20-4)12(2)11-19-16/h11,14-15,18H,5-10H2,1-4H3. The third-order valence-electron chi connectivity index (χ3n) is 4.52. The SMILES string of the molecule is CCCNC1CCCC1Cc1ncc(C)c(OC)c1C. The maximum atomic E-state index is 5.52. The molecule has 1 fully saturated rings. The first kappa shape index (κ1) is 15.3. The lowest BCUT2D eigenvalue weighted by Gasteiger charge is -2.22. The number of nitrogens with zero attached hydrogens (tertiary/aromatic N) is 1. The lowest BCUT2D eigenvalue weighted by atomic mass is 9.94. The van der Waals surface area contributed by atoms with Crippen molar-refractivity contribution >= 4 is 0 Å². The van der Waals surface area contributed by atoms with E-state index >= 15 is 0 Å². The minimum absolute atomic E-state index is 0.670. The van der Waals surface area contributed by atoms with Crippen LogP contribution in [0.25, 0.3) is 0 Å². The molecule has 20 heavy (non-hydrogen) atoms. The number of aromatic nitrogens is 1. The van der Waals surface area contributed by atoms with Gasteiger partial charge in [0.25, 0.3) is 0 Å². The molecule has 1 N–H and O–H groups in total. The maximum absolute atomic E-state index is 5.52. The third kappa shape index (κ3) is 3.32. The molecular weight excluding hydrogens is 248 g/mol. The minimum Gasteiger partial charge on any atom is -0.496 e. The van der Waals surface area contributed by atoms with E-state index < -0.39 is 0 Å². The van der Waals surface area contributed by atoms with Crippen molar-refractivity contribution in [2.45, 2.75) is 58.9 Å². The second-order valence-corrected chi connectivity index (χ2v) is 6.00. The smallest absolute Gasteiger partial charge is 0.128 e. The van der Waals surface area contributed by atoms with E-state index in [9.17, 15) is 0 Å². The summed E-state index contributed by atoms with van der Waals surface area (Å²) < 4.78 is 5.52. The largest absolute Gasteiger partial charge is 0.496 e. The molecule has 0 aliphatic heterocycles. The van der Waals surface area contributed by atoms with Crippen molar-refractivity contribution in [3.63, 3.8) is 0 Å². The van der Waals surface area contributed by atoms with Crippen LogP contribution in [0.3, 0.4) is 0 Å². The van der Waals surface area contributed by atoms with Crippen molar-refractivity contribution in [2.75, 3.05) is 13.7 Å². The van der Waals surface area contributed by atoms with Gasteiger partial charge in [-0.2, -0.15) is 0 Å². The highest BCUT2D eigenvalue weighted by Gasteiger charge is 2.27. The summed E-state index contributed by atoms with van der Waals surface area (Å²) in [6.07, 6.45) is 8.20. The van der Waals surface area contributed by atoms with Crippen LogP contribution in [0.1, 0.15) is 49.4 Å². The predicted octanol–water partition coefficient (Wildman–Crippen LogP) is 3.42. The van der Waals surface area contributed by atoms with Crippen molar-refractivity contribution in [2.24, 2.45) is 5.92 Å². The van der Waals surface area contributed by atoms with Crippen LogP contribution in [-0.4, -0.2) is 24.7 Å². The Morgan fingerprint density at radius 3 is 2.85 bits per heavy atom. The summed E-state index contributed by atoms with van der Waals surface area (Å²) in [7, 11) is 1.75. The quantitative estimate of drug-likeness (QED) is 0.864. The van der Waals surface area contributed by atoms with E-state index in [1.54, 1.807) is 7.11 Å². The first-order valence-electron chi connectivity index (χ1n) is 7.89. The Labute approximate surface area is 123 Å². The lowest BCUT2D eigenvalue weighted by molar-refractivity contribution is 0.389. The Morgan fingerprint density at radius 2 is 2.15 bits per heavy atom. The summed E-state index contributed by atoms with van der Waals surface area (Å²) in [6.45, 7) is 7.56. The first-order valence-corrected chi connectivity index (χ1v) is 7.89. The number of aryl methyl sites for hydroxylation is 1. The molecule has 2 rings (SSSR count). The maximum Gasteiger partial charge on any atom is 0.128 e. The Morgan fingerprint density at radius 1 is 1.35 bits per heavy atom. The average molecular weight is 276 g/mol. The number of hydrogen-bond acceptors (Lipinski definition) is 3. The van der Waals surface area contributed by atoms with Gasteiger partial charge in [0.2, 0.25) is 0 Å².